The number of nitriles is 1. The van der Waals surface area contributed by atoms with Crippen molar-refractivity contribution in [1.29, 1.82) is 5.26 Å². The number of aryl methyl sites for hydroxylation is 1. The van der Waals surface area contributed by atoms with E-state index < -0.39 is 0 Å². The van der Waals surface area contributed by atoms with Crippen LogP contribution >= 0.6 is 0 Å². The van der Waals surface area contributed by atoms with Gasteiger partial charge in [-0.15, -0.1) is 0 Å². The van der Waals surface area contributed by atoms with Crippen molar-refractivity contribution in [1.82, 2.24) is 10.3 Å². The number of aromatic nitrogens is 1. The van der Waals surface area contributed by atoms with Gasteiger partial charge >= 0.3 is 0 Å². The molecular weight excluding hydrogens is 326 g/mol. The fourth-order valence-corrected chi connectivity index (χ4v) is 5.35. The van der Waals surface area contributed by atoms with Crippen molar-refractivity contribution >= 4 is 5.91 Å². The van der Waals surface area contributed by atoms with Crippen molar-refractivity contribution in [3.05, 3.63) is 32.7 Å². The molecule has 0 saturated heterocycles. The Morgan fingerprint density at radius 3 is 2.58 bits per heavy atom. The second-order valence-corrected chi connectivity index (χ2v) is 8.90. The van der Waals surface area contributed by atoms with E-state index >= 15 is 0 Å². The highest BCUT2D eigenvalue weighted by molar-refractivity contribution is 5.77. The number of rotatable bonds is 4. The molecule has 2 bridgehead atoms. The third-order valence-electron chi connectivity index (χ3n) is 7.65. The third kappa shape index (κ3) is 2.67. The van der Waals surface area contributed by atoms with E-state index in [1.54, 1.807) is 6.92 Å². The zero-order chi connectivity index (χ0) is 19.3. The van der Waals surface area contributed by atoms with Gasteiger partial charge in [0.25, 0.3) is 5.56 Å². The molecule has 2 N–H and O–H groups in total. The fourth-order valence-electron chi connectivity index (χ4n) is 5.35. The quantitative estimate of drug-likeness (QED) is 0.870. The van der Waals surface area contributed by atoms with Crippen molar-refractivity contribution in [2.75, 3.05) is 0 Å². The number of amides is 1. The summed E-state index contributed by atoms with van der Waals surface area (Å²) in [4.78, 5) is 27.1. The van der Waals surface area contributed by atoms with Gasteiger partial charge in [0.2, 0.25) is 5.91 Å². The van der Waals surface area contributed by atoms with E-state index in [1.807, 2.05) is 13.0 Å². The van der Waals surface area contributed by atoms with Crippen molar-refractivity contribution in [3.8, 4) is 6.07 Å². The molecule has 0 spiro atoms. The minimum atomic E-state index is -0.354. The van der Waals surface area contributed by atoms with Gasteiger partial charge in [-0.3, -0.25) is 9.59 Å². The summed E-state index contributed by atoms with van der Waals surface area (Å²) >= 11 is 0. The van der Waals surface area contributed by atoms with Gasteiger partial charge < -0.3 is 10.3 Å². The second-order valence-electron chi connectivity index (χ2n) is 8.90. The van der Waals surface area contributed by atoms with Crippen LogP contribution in [0.5, 0.6) is 0 Å². The van der Waals surface area contributed by atoms with Crippen LogP contribution in [0, 0.1) is 41.9 Å². The largest absolute Gasteiger partial charge is 0.353 e. The van der Waals surface area contributed by atoms with Crippen molar-refractivity contribution in [3.63, 3.8) is 0 Å². The van der Waals surface area contributed by atoms with Crippen molar-refractivity contribution in [2.24, 2.45) is 16.7 Å². The van der Waals surface area contributed by atoms with E-state index in [4.69, 9.17) is 0 Å². The zero-order valence-corrected chi connectivity index (χ0v) is 16.5. The lowest BCUT2D eigenvalue weighted by atomic mass is 9.69. The molecule has 3 atom stereocenters. The molecule has 2 saturated carbocycles. The van der Waals surface area contributed by atoms with Crippen LogP contribution in [0.15, 0.2) is 4.79 Å². The smallest absolute Gasteiger partial charge is 0.266 e. The summed E-state index contributed by atoms with van der Waals surface area (Å²) in [6.45, 7) is 10.6. The number of carbonyl (C=O) groups excluding carboxylic acids is 1. The summed E-state index contributed by atoms with van der Waals surface area (Å²) in [5.41, 5.74) is 2.57. The number of aromatic amines is 1. The molecule has 26 heavy (non-hydrogen) atoms. The molecule has 3 rings (SSSR count). The monoisotopic (exact) mass is 355 g/mol. The van der Waals surface area contributed by atoms with Gasteiger partial charge in [-0.05, 0) is 67.4 Å². The van der Waals surface area contributed by atoms with E-state index in [2.05, 4.69) is 31.1 Å². The van der Waals surface area contributed by atoms with Gasteiger partial charge in [-0.2, -0.15) is 5.26 Å². The SMILES string of the molecule is Cc1[nH]c(=O)c(C#N)c(C)c1CCC(=O)N[C@H]1C[C@H]2CC[C@@]1(C)C2(C)C. The van der Waals surface area contributed by atoms with Crippen LogP contribution in [0.4, 0.5) is 0 Å². The number of fused-ring (bicyclic) bond motifs is 2. The summed E-state index contributed by atoms with van der Waals surface area (Å²) < 4.78 is 0. The molecule has 0 aromatic carbocycles. The fraction of sp³-hybridized carbons (Fsp3) is 0.667. The number of pyridine rings is 1. The Hall–Kier alpha value is -2.09. The summed E-state index contributed by atoms with van der Waals surface area (Å²) in [7, 11) is 0. The minimum absolute atomic E-state index is 0.0584. The number of hydrogen-bond acceptors (Lipinski definition) is 3. The Morgan fingerprint density at radius 1 is 1.35 bits per heavy atom. The molecular formula is C21H29N3O2. The average Bonchev–Trinajstić information content (AvgIpc) is 2.88. The molecule has 1 aromatic heterocycles. The van der Waals surface area contributed by atoms with Gasteiger partial charge in [-0.1, -0.05) is 20.8 Å². The van der Waals surface area contributed by atoms with E-state index in [9.17, 15) is 14.9 Å². The second kappa shape index (κ2) is 6.26. The highest BCUT2D eigenvalue weighted by atomic mass is 16.1. The van der Waals surface area contributed by atoms with Gasteiger partial charge in [0.05, 0.1) is 0 Å². The zero-order valence-electron chi connectivity index (χ0n) is 16.5. The average molecular weight is 355 g/mol. The summed E-state index contributed by atoms with van der Waals surface area (Å²) in [6.07, 6.45) is 4.42. The van der Waals surface area contributed by atoms with E-state index in [0.717, 1.165) is 17.7 Å². The van der Waals surface area contributed by atoms with Gasteiger partial charge in [0, 0.05) is 18.2 Å². The number of H-pyrrole nitrogens is 1. The van der Waals surface area contributed by atoms with E-state index in [-0.39, 0.29) is 33.9 Å². The number of nitrogens with one attached hydrogen (secondary N) is 2. The molecule has 0 unspecified atom stereocenters. The van der Waals surface area contributed by atoms with E-state index in [0.29, 0.717) is 24.3 Å². The maximum absolute atomic E-state index is 12.6. The lowest BCUT2D eigenvalue weighted by Crippen LogP contribution is -2.46. The maximum Gasteiger partial charge on any atom is 0.266 e. The number of hydrogen-bond donors (Lipinski definition) is 2. The van der Waals surface area contributed by atoms with Crippen LogP contribution in [0.2, 0.25) is 0 Å². The van der Waals surface area contributed by atoms with Crippen LogP contribution < -0.4 is 10.9 Å². The van der Waals surface area contributed by atoms with Crippen LogP contribution in [-0.2, 0) is 11.2 Å². The molecule has 2 fully saturated rings. The first-order valence-electron chi connectivity index (χ1n) is 9.53. The first kappa shape index (κ1) is 18.7. The molecule has 2 aliphatic carbocycles. The standard InChI is InChI=1S/C21H29N3O2/c1-12-15(13(2)23-19(26)16(12)11-22)6-7-18(25)24-17-10-14-8-9-21(17,5)20(14,3)4/h14,17H,6-10H2,1-5H3,(H,23,26)(H,24,25)/t14-,17+,21-/m1/s1. The number of carbonyl (C=O) groups is 1. The summed E-state index contributed by atoms with van der Waals surface area (Å²) in [5.74, 6) is 0.753. The molecule has 0 radical (unpaired) electrons. The maximum atomic E-state index is 12.6. The number of nitrogens with zero attached hydrogens (tertiary/aromatic N) is 1. The van der Waals surface area contributed by atoms with Crippen LogP contribution in [0.1, 0.15) is 68.8 Å². The molecule has 1 aromatic rings. The normalized spacial score (nSPS) is 28.8. The van der Waals surface area contributed by atoms with E-state index in [1.165, 1.54) is 12.8 Å². The lowest BCUT2D eigenvalue weighted by Gasteiger charge is -2.39. The molecule has 5 heteroatoms. The Balaban J connectivity index is 1.68. The Labute approximate surface area is 155 Å². The molecule has 2 aliphatic rings. The first-order valence-corrected chi connectivity index (χ1v) is 9.53. The molecule has 0 aliphatic heterocycles. The molecule has 140 valence electrons. The predicted molar refractivity (Wildman–Crippen MR) is 101 cm³/mol. The highest BCUT2D eigenvalue weighted by Crippen LogP contribution is 2.65. The summed E-state index contributed by atoms with van der Waals surface area (Å²) in [6, 6.07) is 2.21. The van der Waals surface area contributed by atoms with Crippen molar-refractivity contribution in [2.45, 2.75) is 72.8 Å². The lowest BCUT2D eigenvalue weighted by molar-refractivity contribution is -0.122. The Kier molecular flexibility index (Phi) is 4.50. The summed E-state index contributed by atoms with van der Waals surface area (Å²) in [5, 5.41) is 12.5. The predicted octanol–water partition coefficient (Wildman–Crippen LogP) is 3.13. The van der Waals surface area contributed by atoms with Crippen LogP contribution in [-0.4, -0.2) is 16.9 Å². The van der Waals surface area contributed by atoms with Gasteiger partial charge in [0.15, 0.2) is 0 Å². The Bertz CT molecular complexity index is 846. The van der Waals surface area contributed by atoms with Crippen molar-refractivity contribution < 1.29 is 4.79 Å². The van der Waals surface area contributed by atoms with Gasteiger partial charge in [0.1, 0.15) is 11.6 Å². The minimum Gasteiger partial charge on any atom is -0.353 e. The van der Waals surface area contributed by atoms with Crippen LogP contribution in [0.25, 0.3) is 0 Å². The topological polar surface area (TPSA) is 85.8 Å². The molecule has 1 amide bonds. The third-order valence-corrected chi connectivity index (χ3v) is 7.65. The first-order chi connectivity index (χ1) is 12.1. The highest BCUT2D eigenvalue weighted by Gasteiger charge is 2.61. The Morgan fingerprint density at radius 2 is 2.04 bits per heavy atom. The molecule has 5 nitrogen and oxygen atoms in total. The van der Waals surface area contributed by atoms with Gasteiger partial charge in [-0.25, -0.2) is 0 Å². The molecule has 1 heterocycles. The van der Waals surface area contributed by atoms with Crippen LogP contribution in [0.3, 0.4) is 0 Å².